The van der Waals surface area contributed by atoms with E-state index in [4.69, 9.17) is 5.73 Å². The lowest BCUT2D eigenvalue weighted by Gasteiger charge is -2.43. The van der Waals surface area contributed by atoms with Crippen LogP contribution in [0, 0.1) is 29.0 Å². The highest BCUT2D eigenvalue weighted by atomic mass is 79.9. The van der Waals surface area contributed by atoms with Gasteiger partial charge >= 0.3 is 0 Å². The molecule has 0 aromatic heterocycles. The second kappa shape index (κ2) is 9.40. The standard InChI is InChI=1S/C23H33BrFN3O2S/c1-13-5-6-14-9-15(12-23(4,11-14)20(26)29)19(13)27-21(30)22(2,3)28-31-18-8-7-16(25)10-17(18)24/h7-8,10,13-15,19,28H,5-6,9,11-12H2,1-4H3,(H2,26,29)(H,27,30). The maximum absolute atomic E-state index is 13.3. The van der Waals surface area contributed by atoms with Crippen molar-refractivity contribution >= 4 is 39.7 Å². The molecule has 2 aliphatic rings. The SMILES string of the molecule is CC1CCC2CC(CC(C)(C(N)=O)C2)C1NC(=O)C(C)(C)NSc1ccc(F)cc1Br. The van der Waals surface area contributed by atoms with Gasteiger partial charge in [-0.2, -0.15) is 0 Å². The number of nitrogens with two attached hydrogens (primary N) is 1. The van der Waals surface area contributed by atoms with Crippen LogP contribution in [0.4, 0.5) is 4.39 Å². The molecule has 2 bridgehead atoms. The molecule has 0 spiro atoms. The summed E-state index contributed by atoms with van der Waals surface area (Å²) in [6.45, 7) is 7.85. The zero-order valence-electron chi connectivity index (χ0n) is 18.6. The third-order valence-corrected chi connectivity index (χ3v) is 9.12. The Morgan fingerprint density at radius 1 is 1.29 bits per heavy atom. The minimum atomic E-state index is -0.842. The number of benzene rings is 1. The lowest BCUT2D eigenvalue weighted by molar-refractivity contribution is -0.131. The molecule has 0 radical (unpaired) electrons. The fourth-order valence-electron chi connectivity index (χ4n) is 5.11. The Hall–Kier alpha value is -1.12. The van der Waals surface area contributed by atoms with Crippen LogP contribution in [0.5, 0.6) is 0 Å². The van der Waals surface area contributed by atoms with Crippen LogP contribution in [0.15, 0.2) is 27.6 Å². The summed E-state index contributed by atoms with van der Waals surface area (Å²) in [7, 11) is 0. The number of carbonyl (C=O) groups is 2. The first-order valence-corrected chi connectivity index (χ1v) is 12.5. The fraction of sp³-hybridized carbons (Fsp3) is 0.652. The third kappa shape index (κ3) is 5.63. The highest BCUT2D eigenvalue weighted by Gasteiger charge is 2.47. The molecule has 0 saturated heterocycles. The molecule has 2 amide bonds. The van der Waals surface area contributed by atoms with Gasteiger partial charge in [0.15, 0.2) is 0 Å². The number of fused-ring (bicyclic) bond motifs is 2. The van der Waals surface area contributed by atoms with Crippen LogP contribution in [0.2, 0.25) is 0 Å². The first-order chi connectivity index (χ1) is 14.4. The van der Waals surface area contributed by atoms with Gasteiger partial charge < -0.3 is 11.1 Å². The number of carbonyl (C=O) groups excluding carboxylic acids is 2. The predicted molar refractivity (Wildman–Crippen MR) is 126 cm³/mol. The molecule has 2 fully saturated rings. The van der Waals surface area contributed by atoms with E-state index in [-0.39, 0.29) is 29.6 Å². The minimum Gasteiger partial charge on any atom is -0.369 e. The van der Waals surface area contributed by atoms with Gasteiger partial charge in [0.1, 0.15) is 11.4 Å². The molecular formula is C23H33BrFN3O2S. The number of primary amides is 1. The quantitative estimate of drug-likeness (QED) is 0.477. The van der Waals surface area contributed by atoms with E-state index in [9.17, 15) is 14.0 Å². The van der Waals surface area contributed by atoms with Crippen molar-refractivity contribution in [1.82, 2.24) is 10.0 Å². The summed E-state index contributed by atoms with van der Waals surface area (Å²) < 4.78 is 17.2. The summed E-state index contributed by atoms with van der Waals surface area (Å²) >= 11 is 4.65. The maximum atomic E-state index is 13.3. The highest BCUT2D eigenvalue weighted by molar-refractivity contribution is 9.10. The van der Waals surface area contributed by atoms with Crippen LogP contribution in [-0.4, -0.2) is 23.4 Å². The second-order valence-electron chi connectivity index (χ2n) is 10.2. The first-order valence-electron chi connectivity index (χ1n) is 10.9. The summed E-state index contributed by atoms with van der Waals surface area (Å²) in [4.78, 5) is 26.2. The summed E-state index contributed by atoms with van der Waals surface area (Å²) in [6, 6.07) is 4.48. The molecule has 5 atom stereocenters. The van der Waals surface area contributed by atoms with Gasteiger partial charge in [-0.1, -0.05) is 20.3 Å². The van der Waals surface area contributed by atoms with Gasteiger partial charge in [0.25, 0.3) is 0 Å². The molecule has 2 aliphatic carbocycles. The van der Waals surface area contributed by atoms with Crippen LogP contribution in [-0.2, 0) is 9.59 Å². The zero-order chi connectivity index (χ0) is 23.0. The van der Waals surface area contributed by atoms with E-state index in [1.807, 2.05) is 20.8 Å². The monoisotopic (exact) mass is 513 g/mol. The molecular weight excluding hydrogens is 481 g/mol. The van der Waals surface area contributed by atoms with Gasteiger partial charge in [0.2, 0.25) is 11.8 Å². The van der Waals surface area contributed by atoms with Crippen LogP contribution >= 0.6 is 27.9 Å². The van der Waals surface area contributed by atoms with Crippen molar-refractivity contribution < 1.29 is 14.0 Å². The molecule has 1 aromatic rings. The van der Waals surface area contributed by atoms with Gasteiger partial charge in [-0.25, -0.2) is 9.11 Å². The van der Waals surface area contributed by atoms with Crippen molar-refractivity contribution in [2.45, 2.75) is 76.3 Å². The molecule has 1 aromatic carbocycles. The molecule has 8 heteroatoms. The summed E-state index contributed by atoms with van der Waals surface area (Å²) in [6.07, 6.45) is 4.71. The normalized spacial score (nSPS) is 31.0. The Labute approximate surface area is 197 Å². The number of rotatable bonds is 6. The van der Waals surface area contributed by atoms with Gasteiger partial charge in [-0.15, -0.1) is 0 Å². The smallest absolute Gasteiger partial charge is 0.240 e. The minimum absolute atomic E-state index is 0.0140. The number of halogens is 2. The van der Waals surface area contributed by atoms with E-state index >= 15 is 0 Å². The topological polar surface area (TPSA) is 84.2 Å². The van der Waals surface area contributed by atoms with Crippen LogP contribution < -0.4 is 15.8 Å². The number of nitrogens with one attached hydrogen (secondary N) is 2. The van der Waals surface area contributed by atoms with Crippen LogP contribution in [0.25, 0.3) is 0 Å². The molecule has 0 aliphatic heterocycles. The molecule has 4 N–H and O–H groups in total. The average molecular weight is 515 g/mol. The van der Waals surface area contributed by atoms with Gasteiger partial charge in [-0.05, 0) is 103 Å². The Morgan fingerprint density at radius 2 is 2.00 bits per heavy atom. The molecule has 5 nitrogen and oxygen atoms in total. The summed E-state index contributed by atoms with van der Waals surface area (Å²) in [5.41, 5.74) is 4.41. The van der Waals surface area contributed by atoms with Gasteiger partial charge in [0.05, 0.1) is 0 Å². The number of amides is 2. The van der Waals surface area contributed by atoms with Crippen molar-refractivity contribution in [1.29, 1.82) is 0 Å². The Morgan fingerprint density at radius 3 is 2.65 bits per heavy atom. The van der Waals surface area contributed by atoms with Gasteiger partial charge in [0, 0.05) is 20.8 Å². The molecule has 172 valence electrons. The summed E-state index contributed by atoms with van der Waals surface area (Å²) in [5.74, 6) is 0.434. The van der Waals surface area contributed by atoms with Crippen molar-refractivity contribution in [3.8, 4) is 0 Å². The molecule has 5 unspecified atom stereocenters. The van der Waals surface area contributed by atoms with E-state index in [1.165, 1.54) is 24.1 Å². The van der Waals surface area contributed by atoms with E-state index in [2.05, 4.69) is 32.9 Å². The van der Waals surface area contributed by atoms with Crippen molar-refractivity contribution in [3.63, 3.8) is 0 Å². The largest absolute Gasteiger partial charge is 0.369 e. The first kappa shape index (κ1) is 24.5. The van der Waals surface area contributed by atoms with Crippen LogP contribution in [0.3, 0.4) is 0 Å². The van der Waals surface area contributed by atoms with E-state index in [0.717, 1.165) is 37.0 Å². The van der Waals surface area contributed by atoms with E-state index in [1.54, 1.807) is 6.07 Å². The maximum Gasteiger partial charge on any atom is 0.240 e. The fourth-order valence-corrected chi connectivity index (χ4v) is 6.45. The highest BCUT2D eigenvalue weighted by Crippen LogP contribution is 2.48. The molecule has 2 saturated carbocycles. The summed E-state index contributed by atoms with van der Waals surface area (Å²) in [5, 5.41) is 3.30. The van der Waals surface area contributed by atoms with Crippen molar-refractivity contribution in [2.75, 3.05) is 0 Å². The van der Waals surface area contributed by atoms with Crippen molar-refractivity contribution in [3.05, 3.63) is 28.5 Å². The van der Waals surface area contributed by atoms with E-state index in [0.29, 0.717) is 16.3 Å². The second-order valence-corrected chi connectivity index (χ2v) is 11.9. The molecule has 3 rings (SSSR count). The Bertz CT molecular complexity index is 852. The average Bonchev–Trinajstić information content (AvgIpc) is 2.78. The lowest BCUT2D eigenvalue weighted by Crippen LogP contribution is -2.56. The number of hydrogen-bond acceptors (Lipinski definition) is 4. The van der Waals surface area contributed by atoms with Crippen molar-refractivity contribution in [2.24, 2.45) is 28.9 Å². The Kier molecular flexibility index (Phi) is 7.43. The number of hydrogen-bond donors (Lipinski definition) is 3. The third-order valence-electron chi connectivity index (χ3n) is 7.01. The molecule has 31 heavy (non-hydrogen) atoms. The Balaban J connectivity index is 1.70. The van der Waals surface area contributed by atoms with E-state index < -0.39 is 11.0 Å². The lowest BCUT2D eigenvalue weighted by atomic mass is 9.64. The zero-order valence-corrected chi connectivity index (χ0v) is 21.0. The molecule has 0 heterocycles. The predicted octanol–water partition coefficient (Wildman–Crippen LogP) is 4.79. The van der Waals surface area contributed by atoms with Gasteiger partial charge in [-0.3, -0.25) is 9.59 Å². The van der Waals surface area contributed by atoms with Crippen LogP contribution in [0.1, 0.15) is 59.8 Å².